The predicted molar refractivity (Wildman–Crippen MR) is 107 cm³/mol. The monoisotopic (exact) mass is 339 g/mol. The van der Waals surface area contributed by atoms with Crippen molar-refractivity contribution < 1.29 is 0 Å². The van der Waals surface area contributed by atoms with E-state index in [0.717, 1.165) is 28.0 Å². The largest absolute Gasteiger partial charge is 0.398 e. The second kappa shape index (κ2) is 6.64. The maximum Gasteiger partial charge on any atom is 0.162 e. The molecule has 26 heavy (non-hydrogen) atoms. The van der Waals surface area contributed by atoms with E-state index >= 15 is 0 Å². The van der Waals surface area contributed by atoms with E-state index in [2.05, 4.69) is 10.3 Å². The highest BCUT2D eigenvalue weighted by Gasteiger charge is 2.10. The molecule has 0 unspecified atom stereocenters. The summed E-state index contributed by atoms with van der Waals surface area (Å²) in [5.74, 6) is 1.38. The molecule has 0 aliphatic heterocycles. The van der Waals surface area contributed by atoms with E-state index in [1.54, 1.807) is 6.07 Å². The van der Waals surface area contributed by atoms with Crippen LogP contribution in [0.1, 0.15) is 5.56 Å². The van der Waals surface area contributed by atoms with Crippen LogP contribution in [0.15, 0.2) is 72.8 Å². The molecule has 1 aromatic heterocycles. The Morgan fingerprint density at radius 1 is 0.885 bits per heavy atom. The summed E-state index contributed by atoms with van der Waals surface area (Å²) in [5, 5.41) is 11.8. The third-order valence-electron chi connectivity index (χ3n) is 4.14. The first-order valence-corrected chi connectivity index (χ1v) is 8.24. The Morgan fingerprint density at radius 2 is 1.65 bits per heavy atom. The van der Waals surface area contributed by atoms with Gasteiger partial charge >= 0.3 is 0 Å². The van der Waals surface area contributed by atoms with Gasteiger partial charge in [-0.05, 0) is 30.3 Å². The topological polar surface area (TPSA) is 87.7 Å². The van der Waals surface area contributed by atoms with Crippen molar-refractivity contribution in [1.82, 2.24) is 9.97 Å². The van der Waals surface area contributed by atoms with Crippen molar-refractivity contribution in [3.63, 3.8) is 0 Å². The van der Waals surface area contributed by atoms with Gasteiger partial charge in [0.25, 0.3) is 0 Å². The highest BCUT2D eigenvalue weighted by atomic mass is 15.0. The zero-order chi connectivity index (χ0) is 17.9. The fraction of sp³-hybridized carbons (Fsp3) is 0. The van der Waals surface area contributed by atoms with Crippen LogP contribution in [-0.4, -0.2) is 16.2 Å². The number of nitrogen functional groups attached to an aromatic ring is 1. The van der Waals surface area contributed by atoms with E-state index in [1.165, 1.54) is 6.21 Å². The van der Waals surface area contributed by atoms with E-state index in [0.29, 0.717) is 17.1 Å². The number of hydrogen-bond acceptors (Lipinski definition) is 5. The smallest absolute Gasteiger partial charge is 0.162 e. The molecule has 0 radical (unpaired) electrons. The molecule has 3 aromatic carbocycles. The Labute approximate surface area is 151 Å². The highest BCUT2D eigenvalue weighted by molar-refractivity contribution is 5.93. The van der Waals surface area contributed by atoms with Crippen molar-refractivity contribution in [2.24, 2.45) is 0 Å². The van der Waals surface area contributed by atoms with Crippen molar-refractivity contribution in [3.8, 4) is 11.4 Å². The average molecular weight is 339 g/mol. The number of benzene rings is 3. The van der Waals surface area contributed by atoms with Crippen molar-refractivity contribution in [3.05, 3.63) is 78.4 Å². The Hall–Kier alpha value is -3.73. The SMILES string of the molecule is N=Cc1cc(Nc2nc(-c3ccccc3)nc3ccccc23)ccc1N. The summed E-state index contributed by atoms with van der Waals surface area (Å²) in [6.45, 7) is 0. The zero-order valence-corrected chi connectivity index (χ0v) is 14.0. The summed E-state index contributed by atoms with van der Waals surface area (Å²) < 4.78 is 0. The number of anilines is 3. The van der Waals surface area contributed by atoms with E-state index < -0.39 is 0 Å². The predicted octanol–water partition coefficient (Wildman–Crippen LogP) is 4.62. The summed E-state index contributed by atoms with van der Waals surface area (Å²) in [5.41, 5.74) is 9.76. The molecule has 5 heteroatoms. The van der Waals surface area contributed by atoms with Gasteiger partial charge in [0.2, 0.25) is 0 Å². The second-order valence-corrected chi connectivity index (χ2v) is 5.89. The van der Waals surface area contributed by atoms with Crippen LogP contribution < -0.4 is 11.1 Å². The molecule has 4 N–H and O–H groups in total. The molecule has 0 saturated heterocycles. The minimum atomic E-state index is 0.572. The van der Waals surface area contributed by atoms with Gasteiger partial charge in [0.1, 0.15) is 5.82 Å². The van der Waals surface area contributed by atoms with Crippen LogP contribution in [0, 0.1) is 5.41 Å². The molecule has 4 aromatic rings. The minimum absolute atomic E-state index is 0.572. The lowest BCUT2D eigenvalue weighted by atomic mass is 10.1. The Morgan fingerprint density at radius 3 is 2.46 bits per heavy atom. The molecular formula is C21H17N5. The molecule has 1 heterocycles. The average Bonchev–Trinajstić information content (AvgIpc) is 2.70. The maximum absolute atomic E-state index is 7.48. The van der Waals surface area contributed by atoms with Gasteiger partial charge in [0.15, 0.2) is 5.82 Å². The van der Waals surface area contributed by atoms with Gasteiger partial charge < -0.3 is 16.5 Å². The van der Waals surface area contributed by atoms with Crippen LogP contribution in [0.25, 0.3) is 22.3 Å². The number of aromatic nitrogens is 2. The maximum atomic E-state index is 7.48. The van der Waals surface area contributed by atoms with Gasteiger partial charge in [-0.2, -0.15) is 0 Å². The van der Waals surface area contributed by atoms with Crippen LogP contribution in [-0.2, 0) is 0 Å². The molecule has 0 aliphatic rings. The third-order valence-corrected chi connectivity index (χ3v) is 4.14. The number of rotatable bonds is 4. The van der Waals surface area contributed by atoms with Crippen molar-refractivity contribution in [2.75, 3.05) is 11.1 Å². The summed E-state index contributed by atoms with van der Waals surface area (Å²) in [4.78, 5) is 9.42. The molecule has 0 saturated carbocycles. The summed E-state index contributed by atoms with van der Waals surface area (Å²) in [7, 11) is 0. The Bertz CT molecular complexity index is 1090. The minimum Gasteiger partial charge on any atom is -0.398 e. The van der Waals surface area contributed by atoms with Gasteiger partial charge in [-0.15, -0.1) is 0 Å². The van der Waals surface area contributed by atoms with Crippen LogP contribution in [0.5, 0.6) is 0 Å². The zero-order valence-electron chi connectivity index (χ0n) is 14.0. The second-order valence-electron chi connectivity index (χ2n) is 5.89. The molecule has 0 bridgehead atoms. The lowest BCUT2D eigenvalue weighted by molar-refractivity contribution is 1.22. The van der Waals surface area contributed by atoms with E-state index in [4.69, 9.17) is 16.1 Å². The van der Waals surface area contributed by atoms with E-state index in [9.17, 15) is 0 Å². The molecule has 0 atom stereocenters. The molecular weight excluding hydrogens is 322 g/mol. The first-order valence-electron chi connectivity index (χ1n) is 8.24. The Kier molecular flexibility index (Phi) is 4.03. The van der Waals surface area contributed by atoms with Gasteiger partial charge in [0.05, 0.1) is 5.52 Å². The first kappa shape index (κ1) is 15.8. The number of nitrogens with two attached hydrogens (primary N) is 1. The normalized spacial score (nSPS) is 10.6. The summed E-state index contributed by atoms with van der Waals surface area (Å²) in [6, 6.07) is 23.3. The highest BCUT2D eigenvalue weighted by Crippen LogP contribution is 2.28. The molecule has 126 valence electrons. The molecule has 0 spiro atoms. The lowest BCUT2D eigenvalue weighted by Crippen LogP contribution is -2.01. The number of hydrogen-bond donors (Lipinski definition) is 3. The number of para-hydroxylation sites is 1. The fourth-order valence-electron chi connectivity index (χ4n) is 2.80. The number of nitrogens with one attached hydrogen (secondary N) is 2. The third kappa shape index (κ3) is 2.98. The van der Waals surface area contributed by atoms with Crippen molar-refractivity contribution >= 4 is 34.3 Å². The summed E-state index contributed by atoms with van der Waals surface area (Å²) >= 11 is 0. The standard InChI is InChI=1S/C21H17N5/c22-13-15-12-16(10-11-18(15)23)24-21-17-8-4-5-9-19(17)25-20(26-21)14-6-2-1-3-7-14/h1-13,22H,23H2,(H,24,25,26). The van der Waals surface area contributed by atoms with Gasteiger partial charge in [-0.25, -0.2) is 9.97 Å². The lowest BCUT2D eigenvalue weighted by Gasteiger charge is -2.12. The quantitative estimate of drug-likeness (QED) is 0.374. The number of fused-ring (bicyclic) bond motifs is 1. The summed E-state index contributed by atoms with van der Waals surface area (Å²) in [6.07, 6.45) is 1.24. The van der Waals surface area contributed by atoms with Crippen molar-refractivity contribution in [2.45, 2.75) is 0 Å². The van der Waals surface area contributed by atoms with Gasteiger partial charge in [-0.3, -0.25) is 0 Å². The first-order chi connectivity index (χ1) is 12.7. The molecule has 5 nitrogen and oxygen atoms in total. The van der Waals surface area contributed by atoms with Gasteiger partial charge in [-0.1, -0.05) is 42.5 Å². The Balaban J connectivity index is 1.84. The van der Waals surface area contributed by atoms with Crippen LogP contribution in [0.4, 0.5) is 17.2 Å². The van der Waals surface area contributed by atoms with E-state index in [1.807, 2.05) is 66.7 Å². The fourth-order valence-corrected chi connectivity index (χ4v) is 2.80. The molecule has 4 rings (SSSR count). The van der Waals surface area contributed by atoms with Gasteiger partial charge in [0, 0.05) is 34.1 Å². The number of nitrogens with zero attached hydrogens (tertiary/aromatic N) is 2. The van der Waals surface area contributed by atoms with Crippen molar-refractivity contribution in [1.29, 1.82) is 5.41 Å². The van der Waals surface area contributed by atoms with Crippen LogP contribution >= 0.6 is 0 Å². The van der Waals surface area contributed by atoms with E-state index in [-0.39, 0.29) is 0 Å². The van der Waals surface area contributed by atoms with Crippen LogP contribution in [0.3, 0.4) is 0 Å². The molecule has 0 amide bonds. The molecule has 0 fully saturated rings. The molecule has 0 aliphatic carbocycles. The van der Waals surface area contributed by atoms with Crippen LogP contribution in [0.2, 0.25) is 0 Å².